The Morgan fingerprint density at radius 1 is 1.10 bits per heavy atom. The molecule has 0 fully saturated rings. The molecule has 21 heavy (non-hydrogen) atoms. The van der Waals surface area contributed by atoms with Crippen molar-refractivity contribution in [2.24, 2.45) is 0 Å². The van der Waals surface area contributed by atoms with Crippen molar-refractivity contribution in [3.05, 3.63) is 36.0 Å². The quantitative estimate of drug-likeness (QED) is 0.620. The summed E-state index contributed by atoms with van der Waals surface area (Å²) in [7, 11) is -9.82. The molecule has 1 heterocycles. The highest BCUT2D eigenvalue weighted by Crippen LogP contribution is 2.61. The third-order valence-corrected chi connectivity index (χ3v) is 7.11. The zero-order valence-electron chi connectivity index (χ0n) is 11.3. The molecule has 9 heteroatoms. The fourth-order valence-electron chi connectivity index (χ4n) is 2.38. The van der Waals surface area contributed by atoms with E-state index in [2.05, 4.69) is 0 Å². The van der Waals surface area contributed by atoms with Crippen LogP contribution in [0.1, 0.15) is 12.5 Å². The lowest BCUT2D eigenvalue weighted by atomic mass is 10.1. The normalized spacial score (nSPS) is 13.2. The molecule has 0 aliphatic carbocycles. The van der Waals surface area contributed by atoms with Crippen LogP contribution in [0.2, 0.25) is 0 Å². The summed E-state index contributed by atoms with van der Waals surface area (Å²) in [6, 6.07) is 7.23. The van der Waals surface area contributed by atoms with E-state index in [0.29, 0.717) is 12.1 Å². The number of rotatable bonds is 5. The molecule has 1 aromatic heterocycles. The molecule has 0 aliphatic heterocycles. The predicted octanol–water partition coefficient (Wildman–Crippen LogP) is 1.89. The molecule has 116 valence electrons. The summed E-state index contributed by atoms with van der Waals surface area (Å²) in [5.41, 5.74) is 1.38. The van der Waals surface area contributed by atoms with Crippen LogP contribution in [0.25, 0.3) is 10.9 Å². The zero-order valence-corrected chi connectivity index (χ0v) is 13.1. The SMILES string of the molecule is CCn1cc(CC(P(=O)(O)O)P(=O)(O)O)c2ccccc21. The topological polar surface area (TPSA) is 120 Å². The van der Waals surface area contributed by atoms with E-state index in [1.807, 2.05) is 23.6 Å². The fourth-order valence-corrected chi connectivity index (χ4v) is 4.81. The third-order valence-electron chi connectivity index (χ3n) is 3.39. The van der Waals surface area contributed by atoms with Crippen LogP contribution in [0.15, 0.2) is 30.5 Å². The van der Waals surface area contributed by atoms with Gasteiger partial charge in [-0.1, -0.05) is 18.2 Å². The molecule has 0 radical (unpaired) electrons. The van der Waals surface area contributed by atoms with Gasteiger partial charge in [0.1, 0.15) is 0 Å². The van der Waals surface area contributed by atoms with E-state index in [9.17, 15) is 28.7 Å². The van der Waals surface area contributed by atoms with Crippen LogP contribution in [0.3, 0.4) is 0 Å². The zero-order chi connectivity index (χ0) is 15.8. The molecular weight excluding hydrogens is 316 g/mol. The van der Waals surface area contributed by atoms with Crippen LogP contribution in [-0.4, -0.2) is 29.5 Å². The number of benzene rings is 1. The third kappa shape index (κ3) is 3.46. The van der Waals surface area contributed by atoms with E-state index in [1.165, 1.54) is 0 Å². The standard InChI is InChI=1S/C12H17NO6P2/c1-2-13-8-9(10-5-3-4-6-11(10)13)7-12(20(14,15)16)21(17,18)19/h3-6,8,12H,2,7H2,1H3,(H2,14,15,16)(H2,17,18,19). The van der Waals surface area contributed by atoms with Crippen LogP contribution >= 0.6 is 15.2 Å². The summed E-state index contributed by atoms with van der Waals surface area (Å²) in [5, 5.41) is -1.27. The summed E-state index contributed by atoms with van der Waals surface area (Å²) in [6.45, 7) is 2.57. The van der Waals surface area contributed by atoms with Crippen molar-refractivity contribution in [2.45, 2.75) is 25.3 Å². The second-order valence-corrected chi connectivity index (χ2v) is 8.83. The average Bonchev–Trinajstić information content (AvgIpc) is 2.71. The van der Waals surface area contributed by atoms with Gasteiger partial charge in [0.05, 0.1) is 0 Å². The molecule has 2 rings (SSSR count). The molecule has 0 unspecified atom stereocenters. The average molecular weight is 333 g/mol. The van der Waals surface area contributed by atoms with Crippen molar-refractivity contribution in [3.8, 4) is 0 Å². The lowest BCUT2D eigenvalue weighted by Crippen LogP contribution is -2.12. The maximum absolute atomic E-state index is 11.4. The van der Waals surface area contributed by atoms with E-state index in [0.717, 1.165) is 10.9 Å². The minimum Gasteiger partial charge on any atom is -0.347 e. The van der Waals surface area contributed by atoms with Crippen molar-refractivity contribution >= 4 is 26.1 Å². The Bertz CT molecular complexity index is 721. The van der Waals surface area contributed by atoms with Crippen LogP contribution < -0.4 is 0 Å². The van der Waals surface area contributed by atoms with Crippen LogP contribution in [0.5, 0.6) is 0 Å². The Morgan fingerprint density at radius 3 is 2.19 bits per heavy atom. The molecule has 0 aliphatic rings. The van der Waals surface area contributed by atoms with Crippen molar-refractivity contribution in [2.75, 3.05) is 0 Å². The van der Waals surface area contributed by atoms with Gasteiger partial charge < -0.3 is 24.1 Å². The van der Waals surface area contributed by atoms with E-state index >= 15 is 0 Å². The van der Waals surface area contributed by atoms with Crippen LogP contribution in [0.4, 0.5) is 0 Å². The molecule has 0 saturated heterocycles. The van der Waals surface area contributed by atoms with Gasteiger partial charge in [-0.2, -0.15) is 0 Å². The Hall–Kier alpha value is -0.940. The summed E-state index contributed by atoms with van der Waals surface area (Å²) in [6.07, 6.45) is 1.31. The molecule has 7 nitrogen and oxygen atoms in total. The number of para-hydroxylation sites is 1. The highest BCUT2D eigenvalue weighted by molar-refractivity contribution is 7.70. The number of hydrogen-bond donors (Lipinski definition) is 4. The van der Waals surface area contributed by atoms with Crippen molar-refractivity contribution in [3.63, 3.8) is 0 Å². The predicted molar refractivity (Wildman–Crippen MR) is 79.2 cm³/mol. The van der Waals surface area contributed by atoms with Crippen LogP contribution in [0, 0.1) is 0 Å². The maximum Gasteiger partial charge on any atom is 0.341 e. The number of aryl methyl sites for hydroxylation is 1. The highest BCUT2D eigenvalue weighted by atomic mass is 31.2. The van der Waals surface area contributed by atoms with Gasteiger partial charge in [0.25, 0.3) is 0 Å². The second-order valence-electron chi connectivity index (χ2n) is 4.82. The maximum atomic E-state index is 11.4. The van der Waals surface area contributed by atoms with Gasteiger partial charge in [-0.25, -0.2) is 0 Å². The van der Waals surface area contributed by atoms with E-state index in [4.69, 9.17) is 0 Å². The van der Waals surface area contributed by atoms with Gasteiger partial charge in [0.2, 0.25) is 0 Å². The molecule has 0 spiro atoms. The summed E-state index contributed by atoms with van der Waals surface area (Å²) in [5.74, 6) is 0. The van der Waals surface area contributed by atoms with E-state index in [-0.39, 0.29) is 6.42 Å². The lowest BCUT2D eigenvalue weighted by Gasteiger charge is -2.19. The monoisotopic (exact) mass is 333 g/mol. The van der Waals surface area contributed by atoms with Crippen LogP contribution in [-0.2, 0) is 22.1 Å². The van der Waals surface area contributed by atoms with Gasteiger partial charge in [0.15, 0.2) is 5.40 Å². The van der Waals surface area contributed by atoms with Crippen molar-refractivity contribution < 1.29 is 28.7 Å². The van der Waals surface area contributed by atoms with Crippen molar-refractivity contribution in [1.82, 2.24) is 4.57 Å². The number of fused-ring (bicyclic) bond motifs is 1. The molecule has 2 aromatic rings. The first kappa shape index (κ1) is 16.4. The van der Waals surface area contributed by atoms with Gasteiger partial charge in [-0.15, -0.1) is 0 Å². The van der Waals surface area contributed by atoms with E-state index < -0.39 is 20.6 Å². The summed E-state index contributed by atoms with van der Waals surface area (Å²) in [4.78, 5) is 36.9. The molecule has 0 bridgehead atoms. The molecule has 1 aromatic carbocycles. The Morgan fingerprint density at radius 2 is 1.67 bits per heavy atom. The smallest absolute Gasteiger partial charge is 0.341 e. The number of nitrogens with zero attached hydrogens (tertiary/aromatic N) is 1. The number of hydrogen-bond acceptors (Lipinski definition) is 2. The second kappa shape index (κ2) is 5.69. The minimum absolute atomic E-state index is 0.373. The Kier molecular flexibility index (Phi) is 4.45. The van der Waals surface area contributed by atoms with E-state index in [1.54, 1.807) is 18.3 Å². The lowest BCUT2D eigenvalue weighted by molar-refractivity contribution is 0.338. The summed E-state index contributed by atoms with van der Waals surface area (Å²) < 4.78 is 24.7. The molecule has 0 amide bonds. The first-order chi connectivity index (χ1) is 9.64. The fraction of sp³-hybridized carbons (Fsp3) is 0.333. The first-order valence-electron chi connectivity index (χ1n) is 6.31. The molecule has 0 saturated carbocycles. The van der Waals surface area contributed by atoms with Gasteiger partial charge in [-0.3, -0.25) is 9.13 Å². The molecule has 0 atom stereocenters. The van der Waals surface area contributed by atoms with Gasteiger partial charge in [0, 0.05) is 30.1 Å². The largest absolute Gasteiger partial charge is 0.347 e. The Labute approximate surface area is 121 Å². The minimum atomic E-state index is -4.91. The summed E-state index contributed by atoms with van der Waals surface area (Å²) >= 11 is 0. The Balaban J connectivity index is 2.52. The van der Waals surface area contributed by atoms with Crippen molar-refractivity contribution in [1.29, 1.82) is 0 Å². The molecule has 4 N–H and O–H groups in total. The highest BCUT2D eigenvalue weighted by Gasteiger charge is 2.43. The van der Waals surface area contributed by atoms with Gasteiger partial charge in [-0.05, 0) is 18.6 Å². The first-order valence-corrected chi connectivity index (χ1v) is 9.68. The molecular formula is C12H17NO6P2. The van der Waals surface area contributed by atoms with Gasteiger partial charge >= 0.3 is 15.2 Å². The number of aromatic nitrogens is 1.